The molecule has 0 bridgehead atoms. The number of ether oxygens (including phenoxy) is 1. The number of hydrogen-bond acceptors (Lipinski definition) is 4. The Kier molecular flexibility index (Phi) is 3.74. The molecule has 2 N–H and O–H groups in total. The fourth-order valence-corrected chi connectivity index (χ4v) is 3.05. The van der Waals surface area contributed by atoms with E-state index in [9.17, 15) is 4.39 Å². The number of aromatic amines is 1. The van der Waals surface area contributed by atoms with Crippen LogP contribution < -0.4 is 10.1 Å². The van der Waals surface area contributed by atoms with Crippen LogP contribution in [0.2, 0.25) is 0 Å². The average Bonchev–Trinajstić information content (AvgIpc) is 3.42. The lowest BCUT2D eigenvalue weighted by Gasteiger charge is -2.10. The zero-order valence-corrected chi connectivity index (χ0v) is 14.4. The second-order valence-corrected chi connectivity index (χ2v) is 6.67. The van der Waals surface area contributed by atoms with Crippen LogP contribution >= 0.6 is 0 Å². The molecule has 0 spiro atoms. The molecule has 6 heteroatoms. The van der Waals surface area contributed by atoms with E-state index in [2.05, 4.69) is 32.4 Å². The lowest BCUT2D eigenvalue weighted by atomic mass is 10.1. The molecule has 1 aliphatic rings. The third-order valence-electron chi connectivity index (χ3n) is 4.62. The number of halogens is 1. The van der Waals surface area contributed by atoms with Crippen molar-refractivity contribution in [3.8, 4) is 11.6 Å². The van der Waals surface area contributed by atoms with Crippen molar-refractivity contribution in [2.24, 2.45) is 0 Å². The molecule has 2 aromatic heterocycles. The highest BCUT2D eigenvalue weighted by atomic mass is 19.1. The Morgan fingerprint density at radius 3 is 2.48 bits per heavy atom. The van der Waals surface area contributed by atoms with Crippen LogP contribution in [0.15, 0.2) is 60.8 Å². The van der Waals surface area contributed by atoms with E-state index in [1.54, 1.807) is 18.3 Å². The maximum Gasteiger partial charge on any atom is 0.248 e. The predicted molar refractivity (Wildman–Crippen MR) is 102 cm³/mol. The first-order valence-electron chi connectivity index (χ1n) is 8.90. The number of aromatic nitrogens is 3. The van der Waals surface area contributed by atoms with Crippen molar-refractivity contribution >= 4 is 22.7 Å². The number of rotatable bonds is 5. The van der Waals surface area contributed by atoms with E-state index in [4.69, 9.17) is 4.74 Å². The van der Waals surface area contributed by atoms with Gasteiger partial charge in [0.2, 0.25) is 11.8 Å². The summed E-state index contributed by atoms with van der Waals surface area (Å²) in [4.78, 5) is 12.1. The molecule has 134 valence electrons. The van der Waals surface area contributed by atoms with Gasteiger partial charge in [0.1, 0.15) is 17.1 Å². The summed E-state index contributed by atoms with van der Waals surface area (Å²) >= 11 is 0. The van der Waals surface area contributed by atoms with Gasteiger partial charge in [0.15, 0.2) is 0 Å². The van der Waals surface area contributed by atoms with Gasteiger partial charge in [-0.05, 0) is 66.8 Å². The van der Waals surface area contributed by atoms with Gasteiger partial charge in [-0.15, -0.1) is 0 Å². The summed E-state index contributed by atoms with van der Waals surface area (Å²) in [6.07, 6.45) is 4.34. The summed E-state index contributed by atoms with van der Waals surface area (Å²) in [6.45, 7) is 0. The first-order valence-corrected chi connectivity index (χ1v) is 8.90. The van der Waals surface area contributed by atoms with E-state index >= 15 is 0 Å². The van der Waals surface area contributed by atoms with Crippen molar-refractivity contribution in [2.45, 2.75) is 18.8 Å². The molecule has 0 saturated heterocycles. The first-order chi connectivity index (χ1) is 13.2. The van der Waals surface area contributed by atoms with Gasteiger partial charge >= 0.3 is 0 Å². The average molecular weight is 360 g/mol. The van der Waals surface area contributed by atoms with Crippen LogP contribution in [0.3, 0.4) is 0 Å². The second-order valence-electron chi connectivity index (χ2n) is 6.67. The number of anilines is 2. The Balaban J connectivity index is 1.45. The van der Waals surface area contributed by atoms with Crippen LogP contribution in [0.25, 0.3) is 11.0 Å². The van der Waals surface area contributed by atoms with E-state index in [1.807, 2.05) is 18.2 Å². The molecule has 4 aromatic rings. The van der Waals surface area contributed by atoms with Gasteiger partial charge in [-0.2, -0.15) is 4.98 Å². The summed E-state index contributed by atoms with van der Waals surface area (Å²) < 4.78 is 19.1. The molecule has 2 aromatic carbocycles. The Labute approximate surface area is 155 Å². The van der Waals surface area contributed by atoms with Crippen molar-refractivity contribution in [3.63, 3.8) is 0 Å². The van der Waals surface area contributed by atoms with Gasteiger partial charge in [-0.3, -0.25) is 0 Å². The fourth-order valence-electron chi connectivity index (χ4n) is 3.05. The second kappa shape index (κ2) is 6.39. The van der Waals surface area contributed by atoms with Crippen molar-refractivity contribution in [1.82, 2.24) is 15.0 Å². The third-order valence-corrected chi connectivity index (χ3v) is 4.62. The van der Waals surface area contributed by atoms with E-state index < -0.39 is 0 Å². The van der Waals surface area contributed by atoms with Gasteiger partial charge in [-0.25, -0.2) is 9.37 Å². The molecule has 1 aliphatic carbocycles. The summed E-state index contributed by atoms with van der Waals surface area (Å²) in [5.41, 5.74) is 3.52. The SMILES string of the molecule is Fc1ccc(Nc2nc(Oc3ccc(C4CC4)cc3)c3[nH]ccc3n2)cc1. The molecular weight excluding hydrogens is 343 g/mol. The van der Waals surface area contributed by atoms with Crippen LogP contribution in [0.4, 0.5) is 16.0 Å². The lowest BCUT2D eigenvalue weighted by molar-refractivity contribution is 0.468. The van der Waals surface area contributed by atoms with Crippen molar-refractivity contribution in [3.05, 3.63) is 72.2 Å². The smallest absolute Gasteiger partial charge is 0.248 e. The molecule has 0 unspecified atom stereocenters. The number of benzene rings is 2. The minimum Gasteiger partial charge on any atom is -0.437 e. The number of hydrogen-bond donors (Lipinski definition) is 2. The van der Waals surface area contributed by atoms with Crippen molar-refractivity contribution in [2.75, 3.05) is 5.32 Å². The highest BCUT2D eigenvalue weighted by molar-refractivity contribution is 5.81. The first kappa shape index (κ1) is 15.8. The Hall–Kier alpha value is -3.41. The number of H-pyrrole nitrogens is 1. The molecular formula is C21H17FN4O. The topological polar surface area (TPSA) is 62.8 Å². The quantitative estimate of drug-likeness (QED) is 0.492. The zero-order valence-electron chi connectivity index (χ0n) is 14.4. The van der Waals surface area contributed by atoms with Crippen LogP contribution in [-0.4, -0.2) is 15.0 Å². The molecule has 5 rings (SSSR count). The van der Waals surface area contributed by atoms with Crippen LogP contribution in [0.1, 0.15) is 24.3 Å². The largest absolute Gasteiger partial charge is 0.437 e. The molecule has 2 heterocycles. The molecule has 1 saturated carbocycles. The molecule has 27 heavy (non-hydrogen) atoms. The number of fused-ring (bicyclic) bond motifs is 1. The van der Waals surface area contributed by atoms with Gasteiger partial charge < -0.3 is 15.0 Å². The maximum absolute atomic E-state index is 13.1. The van der Waals surface area contributed by atoms with Crippen LogP contribution in [0, 0.1) is 5.82 Å². The van der Waals surface area contributed by atoms with E-state index in [-0.39, 0.29) is 5.82 Å². The van der Waals surface area contributed by atoms with Gasteiger partial charge in [-0.1, -0.05) is 12.1 Å². The van der Waals surface area contributed by atoms with E-state index in [1.165, 1.54) is 30.5 Å². The lowest BCUT2D eigenvalue weighted by Crippen LogP contribution is -2.00. The number of nitrogens with zero attached hydrogens (tertiary/aromatic N) is 2. The Morgan fingerprint density at radius 1 is 0.963 bits per heavy atom. The Morgan fingerprint density at radius 2 is 1.74 bits per heavy atom. The minimum atomic E-state index is -0.291. The zero-order chi connectivity index (χ0) is 18.2. The highest BCUT2D eigenvalue weighted by Gasteiger charge is 2.23. The number of nitrogens with one attached hydrogen (secondary N) is 2. The highest BCUT2D eigenvalue weighted by Crippen LogP contribution is 2.40. The molecule has 0 aliphatic heterocycles. The maximum atomic E-state index is 13.1. The fraction of sp³-hybridized carbons (Fsp3) is 0.143. The van der Waals surface area contributed by atoms with Crippen molar-refractivity contribution in [1.29, 1.82) is 0 Å². The monoisotopic (exact) mass is 360 g/mol. The molecule has 1 fully saturated rings. The third kappa shape index (κ3) is 3.33. The molecule has 5 nitrogen and oxygen atoms in total. The van der Waals surface area contributed by atoms with Crippen molar-refractivity contribution < 1.29 is 9.13 Å². The van der Waals surface area contributed by atoms with Gasteiger partial charge in [0.25, 0.3) is 0 Å². The van der Waals surface area contributed by atoms with Gasteiger partial charge in [0.05, 0.1) is 5.52 Å². The van der Waals surface area contributed by atoms with Gasteiger partial charge in [0, 0.05) is 11.9 Å². The molecule has 0 amide bonds. The summed E-state index contributed by atoms with van der Waals surface area (Å²) in [5, 5.41) is 3.09. The molecule has 0 atom stereocenters. The normalized spacial score (nSPS) is 13.7. The standard InChI is InChI=1S/C21H17FN4O/c22-15-5-7-16(8-6-15)24-21-25-18-11-12-23-19(18)20(26-21)27-17-9-3-14(4-10-17)13-1-2-13/h3-13,23H,1-2H2,(H,24,25,26). The predicted octanol–water partition coefficient (Wildman–Crippen LogP) is 5.51. The van der Waals surface area contributed by atoms with E-state index in [0.717, 1.165) is 16.8 Å². The van der Waals surface area contributed by atoms with Crippen LogP contribution in [-0.2, 0) is 0 Å². The van der Waals surface area contributed by atoms with E-state index in [0.29, 0.717) is 23.4 Å². The summed E-state index contributed by atoms with van der Waals surface area (Å²) in [7, 11) is 0. The molecule has 0 radical (unpaired) electrons. The summed E-state index contributed by atoms with van der Waals surface area (Å²) in [6, 6.07) is 16.1. The van der Waals surface area contributed by atoms with Crippen LogP contribution in [0.5, 0.6) is 11.6 Å². The minimum absolute atomic E-state index is 0.291. The summed E-state index contributed by atoms with van der Waals surface area (Å²) in [5.74, 6) is 1.97. The Bertz CT molecular complexity index is 1090.